The first kappa shape index (κ1) is 13.5. The number of nitrogens with zero attached hydrogens (tertiary/aromatic N) is 1. The van der Waals surface area contributed by atoms with Gasteiger partial charge in [0.15, 0.2) is 0 Å². The van der Waals surface area contributed by atoms with E-state index in [0.717, 1.165) is 5.56 Å². The molecule has 2 N–H and O–H groups in total. The van der Waals surface area contributed by atoms with Crippen LogP contribution in [0.2, 0.25) is 5.02 Å². The van der Waals surface area contributed by atoms with Gasteiger partial charge in [0.1, 0.15) is 0 Å². The third kappa shape index (κ3) is 5.91. The number of rotatable bonds is 6. The molecule has 1 aromatic rings. The zero-order valence-electron chi connectivity index (χ0n) is 9.37. The van der Waals surface area contributed by atoms with Crippen molar-refractivity contribution in [2.75, 3.05) is 13.1 Å². The Labute approximate surface area is 106 Å². The van der Waals surface area contributed by atoms with Crippen molar-refractivity contribution in [1.82, 2.24) is 10.6 Å². The molecule has 0 radical (unpaired) electrons. The van der Waals surface area contributed by atoms with E-state index in [4.69, 9.17) is 16.9 Å². The third-order valence-corrected chi connectivity index (χ3v) is 2.34. The summed E-state index contributed by atoms with van der Waals surface area (Å²) in [6, 6.07) is 9.40. The number of benzene rings is 1. The van der Waals surface area contributed by atoms with Gasteiger partial charge >= 0.3 is 0 Å². The van der Waals surface area contributed by atoms with Crippen LogP contribution >= 0.6 is 11.6 Å². The van der Waals surface area contributed by atoms with Crippen LogP contribution in [-0.2, 0) is 11.3 Å². The van der Waals surface area contributed by atoms with Gasteiger partial charge in [0.25, 0.3) is 0 Å². The average molecular weight is 252 g/mol. The van der Waals surface area contributed by atoms with Crippen molar-refractivity contribution in [3.05, 3.63) is 34.9 Å². The highest BCUT2D eigenvalue weighted by Crippen LogP contribution is 2.08. The van der Waals surface area contributed by atoms with Crippen molar-refractivity contribution >= 4 is 17.5 Å². The Bertz CT molecular complexity index is 397. The molecule has 17 heavy (non-hydrogen) atoms. The molecule has 0 fully saturated rings. The summed E-state index contributed by atoms with van der Waals surface area (Å²) < 4.78 is 0. The van der Waals surface area contributed by atoms with Crippen LogP contribution in [0.15, 0.2) is 24.3 Å². The smallest absolute Gasteiger partial charge is 0.234 e. The van der Waals surface area contributed by atoms with Gasteiger partial charge in [0.05, 0.1) is 19.0 Å². The van der Waals surface area contributed by atoms with Gasteiger partial charge in [0, 0.05) is 18.1 Å². The second kappa shape index (κ2) is 7.66. The van der Waals surface area contributed by atoms with Crippen molar-refractivity contribution in [3.63, 3.8) is 0 Å². The molecule has 1 rings (SSSR count). The van der Waals surface area contributed by atoms with Crippen molar-refractivity contribution < 1.29 is 4.79 Å². The minimum Gasteiger partial charge on any atom is -0.354 e. The molecule has 0 saturated heterocycles. The summed E-state index contributed by atoms with van der Waals surface area (Å²) in [7, 11) is 0. The maximum absolute atomic E-state index is 11.3. The SMILES string of the molecule is N#CCCNC(=O)CNCc1ccc(Cl)cc1. The molecule has 4 nitrogen and oxygen atoms in total. The fourth-order valence-corrected chi connectivity index (χ4v) is 1.37. The standard InChI is InChI=1S/C12H14ClN3O/c13-11-4-2-10(3-5-11)8-15-9-12(17)16-7-1-6-14/h2-5,15H,1,7-9H2,(H,16,17). The summed E-state index contributed by atoms with van der Waals surface area (Å²) in [4.78, 5) is 11.3. The zero-order valence-corrected chi connectivity index (χ0v) is 10.1. The Morgan fingerprint density at radius 2 is 2.06 bits per heavy atom. The van der Waals surface area contributed by atoms with E-state index < -0.39 is 0 Å². The molecule has 0 saturated carbocycles. The van der Waals surface area contributed by atoms with Gasteiger partial charge < -0.3 is 10.6 Å². The lowest BCUT2D eigenvalue weighted by atomic mass is 10.2. The van der Waals surface area contributed by atoms with Crippen molar-refractivity contribution in [3.8, 4) is 6.07 Å². The fraction of sp³-hybridized carbons (Fsp3) is 0.333. The summed E-state index contributed by atoms with van der Waals surface area (Å²) in [5.41, 5.74) is 1.07. The molecule has 0 aromatic heterocycles. The molecule has 0 unspecified atom stereocenters. The predicted molar refractivity (Wildman–Crippen MR) is 66.4 cm³/mol. The van der Waals surface area contributed by atoms with Crippen LogP contribution < -0.4 is 10.6 Å². The van der Waals surface area contributed by atoms with Crippen LogP contribution in [0.4, 0.5) is 0 Å². The van der Waals surface area contributed by atoms with Gasteiger partial charge in [-0.15, -0.1) is 0 Å². The highest BCUT2D eigenvalue weighted by atomic mass is 35.5. The molecule has 0 spiro atoms. The summed E-state index contributed by atoms with van der Waals surface area (Å²) in [5, 5.41) is 14.6. The van der Waals surface area contributed by atoms with Gasteiger partial charge in [-0.05, 0) is 17.7 Å². The summed E-state index contributed by atoms with van der Waals surface area (Å²) in [6.07, 6.45) is 0.336. The maximum Gasteiger partial charge on any atom is 0.234 e. The molecular weight excluding hydrogens is 238 g/mol. The number of carbonyl (C=O) groups excluding carboxylic acids is 1. The zero-order chi connectivity index (χ0) is 12.5. The molecule has 1 amide bonds. The fourth-order valence-electron chi connectivity index (χ4n) is 1.24. The van der Waals surface area contributed by atoms with E-state index in [0.29, 0.717) is 24.5 Å². The number of hydrogen-bond acceptors (Lipinski definition) is 3. The quantitative estimate of drug-likeness (QED) is 0.753. The largest absolute Gasteiger partial charge is 0.354 e. The van der Waals surface area contributed by atoms with Crippen LogP contribution in [0.3, 0.4) is 0 Å². The number of amides is 1. The number of nitrogens with one attached hydrogen (secondary N) is 2. The average Bonchev–Trinajstić information content (AvgIpc) is 2.32. The van der Waals surface area contributed by atoms with E-state index in [9.17, 15) is 4.79 Å². The van der Waals surface area contributed by atoms with E-state index in [1.807, 2.05) is 30.3 Å². The molecule has 0 atom stereocenters. The Hall–Kier alpha value is -1.57. The third-order valence-electron chi connectivity index (χ3n) is 2.09. The van der Waals surface area contributed by atoms with Crippen molar-refractivity contribution in [1.29, 1.82) is 5.26 Å². The van der Waals surface area contributed by atoms with Gasteiger partial charge in [-0.3, -0.25) is 4.79 Å². The lowest BCUT2D eigenvalue weighted by molar-refractivity contribution is -0.120. The van der Waals surface area contributed by atoms with E-state index in [1.54, 1.807) is 0 Å². The Kier molecular flexibility index (Phi) is 6.08. The molecular formula is C12H14ClN3O. The van der Waals surface area contributed by atoms with E-state index in [-0.39, 0.29) is 12.5 Å². The van der Waals surface area contributed by atoms with Crippen LogP contribution in [0.1, 0.15) is 12.0 Å². The van der Waals surface area contributed by atoms with Crippen molar-refractivity contribution in [2.24, 2.45) is 0 Å². The summed E-state index contributed by atoms with van der Waals surface area (Å²) in [6.45, 7) is 1.26. The van der Waals surface area contributed by atoms with Gasteiger partial charge in [-0.1, -0.05) is 23.7 Å². The van der Waals surface area contributed by atoms with Crippen LogP contribution in [-0.4, -0.2) is 19.0 Å². The Balaban J connectivity index is 2.17. The molecule has 90 valence electrons. The van der Waals surface area contributed by atoms with Crippen molar-refractivity contribution in [2.45, 2.75) is 13.0 Å². The highest BCUT2D eigenvalue weighted by Gasteiger charge is 1.99. The number of halogens is 1. The normalized spacial score (nSPS) is 9.65. The second-order valence-electron chi connectivity index (χ2n) is 3.49. The minimum atomic E-state index is -0.103. The number of carbonyl (C=O) groups is 1. The monoisotopic (exact) mass is 251 g/mol. The summed E-state index contributed by atoms with van der Waals surface area (Å²) in [5.74, 6) is -0.103. The van der Waals surface area contributed by atoms with E-state index in [2.05, 4.69) is 10.6 Å². The highest BCUT2D eigenvalue weighted by molar-refractivity contribution is 6.30. The van der Waals surface area contributed by atoms with Crippen LogP contribution in [0.25, 0.3) is 0 Å². The topological polar surface area (TPSA) is 64.9 Å². The molecule has 0 heterocycles. The van der Waals surface area contributed by atoms with Gasteiger partial charge in [-0.2, -0.15) is 5.26 Å². The first-order valence-corrected chi connectivity index (χ1v) is 5.69. The second-order valence-corrected chi connectivity index (χ2v) is 3.92. The molecule has 0 bridgehead atoms. The minimum absolute atomic E-state index is 0.103. The van der Waals surface area contributed by atoms with Gasteiger partial charge in [0.2, 0.25) is 5.91 Å². The molecule has 1 aromatic carbocycles. The first-order chi connectivity index (χ1) is 8.22. The predicted octanol–water partition coefficient (Wildman–Crippen LogP) is 1.46. The number of nitriles is 1. The van der Waals surface area contributed by atoms with Crippen LogP contribution in [0, 0.1) is 11.3 Å². The molecule has 5 heteroatoms. The molecule has 0 aliphatic heterocycles. The van der Waals surface area contributed by atoms with Crippen LogP contribution in [0.5, 0.6) is 0 Å². The Morgan fingerprint density at radius 1 is 1.35 bits per heavy atom. The first-order valence-electron chi connectivity index (χ1n) is 5.31. The lowest BCUT2D eigenvalue weighted by Crippen LogP contribution is -2.34. The maximum atomic E-state index is 11.3. The summed E-state index contributed by atoms with van der Waals surface area (Å²) >= 11 is 5.76. The lowest BCUT2D eigenvalue weighted by Gasteiger charge is -2.05. The number of hydrogen-bond donors (Lipinski definition) is 2. The van der Waals surface area contributed by atoms with E-state index in [1.165, 1.54) is 0 Å². The molecule has 0 aliphatic carbocycles. The van der Waals surface area contributed by atoms with Gasteiger partial charge in [-0.25, -0.2) is 0 Å². The molecule has 0 aliphatic rings. The Morgan fingerprint density at radius 3 is 2.71 bits per heavy atom. The van der Waals surface area contributed by atoms with E-state index >= 15 is 0 Å².